The van der Waals surface area contributed by atoms with Crippen LogP contribution in [0.2, 0.25) is 0 Å². The summed E-state index contributed by atoms with van der Waals surface area (Å²) in [6, 6.07) is 7.63. The van der Waals surface area contributed by atoms with Crippen LogP contribution >= 0.6 is 0 Å². The standard InChI is InChI=1S/C16H17FN2O2/c1-9-6-11(18)7-10(2)15(9)19-16(20)13-5-4-12(21-3)8-14(13)17/h4-8H,18H2,1-3H3,(H,19,20). The van der Waals surface area contributed by atoms with Crippen molar-refractivity contribution in [1.82, 2.24) is 0 Å². The molecular weight excluding hydrogens is 271 g/mol. The number of nitrogens with one attached hydrogen (secondary N) is 1. The molecule has 1 amide bonds. The van der Waals surface area contributed by atoms with Gasteiger partial charge in [-0.25, -0.2) is 4.39 Å². The summed E-state index contributed by atoms with van der Waals surface area (Å²) in [5.74, 6) is -0.771. The molecule has 21 heavy (non-hydrogen) atoms. The maximum atomic E-state index is 13.9. The van der Waals surface area contributed by atoms with E-state index in [-0.39, 0.29) is 5.56 Å². The SMILES string of the molecule is COc1ccc(C(=O)Nc2c(C)cc(N)cc2C)c(F)c1. The van der Waals surface area contributed by atoms with Crippen molar-refractivity contribution in [1.29, 1.82) is 0 Å². The van der Waals surface area contributed by atoms with Crippen molar-refractivity contribution in [3.05, 3.63) is 52.8 Å². The lowest BCUT2D eigenvalue weighted by Gasteiger charge is -2.13. The molecule has 3 N–H and O–H groups in total. The molecule has 2 aromatic carbocycles. The molecule has 0 aliphatic rings. The predicted octanol–water partition coefficient (Wildman–Crippen LogP) is 3.29. The van der Waals surface area contributed by atoms with E-state index >= 15 is 0 Å². The summed E-state index contributed by atoms with van der Waals surface area (Å²) in [7, 11) is 1.44. The van der Waals surface area contributed by atoms with Crippen molar-refractivity contribution in [3.8, 4) is 5.75 Å². The molecule has 0 bridgehead atoms. The molecule has 0 fully saturated rings. The number of benzene rings is 2. The van der Waals surface area contributed by atoms with E-state index in [9.17, 15) is 9.18 Å². The van der Waals surface area contributed by atoms with E-state index in [4.69, 9.17) is 10.5 Å². The van der Waals surface area contributed by atoms with Gasteiger partial charge in [-0.3, -0.25) is 4.79 Å². The van der Waals surface area contributed by atoms with Crippen LogP contribution in [0.5, 0.6) is 5.75 Å². The highest BCUT2D eigenvalue weighted by atomic mass is 19.1. The molecule has 2 aromatic rings. The first kappa shape index (κ1) is 14.8. The molecule has 0 saturated carbocycles. The van der Waals surface area contributed by atoms with Crippen molar-refractivity contribution >= 4 is 17.3 Å². The molecule has 0 radical (unpaired) electrons. The molecule has 0 aromatic heterocycles. The number of amides is 1. The Balaban J connectivity index is 2.30. The van der Waals surface area contributed by atoms with Gasteiger partial charge in [0.1, 0.15) is 11.6 Å². The first-order chi connectivity index (χ1) is 9.92. The van der Waals surface area contributed by atoms with Crippen molar-refractivity contribution < 1.29 is 13.9 Å². The van der Waals surface area contributed by atoms with Crippen molar-refractivity contribution in [2.75, 3.05) is 18.2 Å². The predicted molar refractivity (Wildman–Crippen MR) is 81.2 cm³/mol. The summed E-state index contributed by atoms with van der Waals surface area (Å²) in [4.78, 5) is 12.2. The Morgan fingerprint density at radius 2 is 1.81 bits per heavy atom. The molecule has 0 unspecified atom stereocenters. The van der Waals surface area contributed by atoms with E-state index in [1.807, 2.05) is 13.8 Å². The van der Waals surface area contributed by atoms with Crippen LogP contribution in [-0.4, -0.2) is 13.0 Å². The third-order valence-corrected chi connectivity index (χ3v) is 3.21. The third kappa shape index (κ3) is 3.13. The number of methoxy groups -OCH3 is 1. The van der Waals surface area contributed by atoms with E-state index in [0.717, 1.165) is 11.1 Å². The Labute approximate surface area is 122 Å². The average Bonchev–Trinajstić information content (AvgIpc) is 2.42. The summed E-state index contributed by atoms with van der Waals surface area (Å²) in [5.41, 5.74) is 8.63. The number of anilines is 2. The lowest BCUT2D eigenvalue weighted by Crippen LogP contribution is -2.15. The monoisotopic (exact) mass is 288 g/mol. The Bertz CT molecular complexity index is 676. The lowest BCUT2D eigenvalue weighted by molar-refractivity contribution is 0.102. The zero-order valence-corrected chi connectivity index (χ0v) is 12.2. The molecule has 0 aliphatic heterocycles. The van der Waals surface area contributed by atoms with Crippen LogP contribution in [0.4, 0.5) is 15.8 Å². The van der Waals surface area contributed by atoms with Gasteiger partial charge in [0.2, 0.25) is 0 Å². The van der Waals surface area contributed by atoms with Crippen molar-refractivity contribution in [2.24, 2.45) is 0 Å². The number of nitrogen functional groups attached to an aromatic ring is 1. The maximum absolute atomic E-state index is 13.9. The number of hydrogen-bond acceptors (Lipinski definition) is 3. The fourth-order valence-corrected chi connectivity index (χ4v) is 2.18. The van der Waals surface area contributed by atoms with E-state index in [2.05, 4.69) is 5.32 Å². The van der Waals surface area contributed by atoms with Crippen LogP contribution in [0.15, 0.2) is 30.3 Å². The molecule has 0 aliphatic carbocycles. The summed E-state index contributed by atoms with van der Waals surface area (Å²) >= 11 is 0. The minimum atomic E-state index is -0.627. The minimum absolute atomic E-state index is 0.0357. The number of nitrogens with two attached hydrogens (primary N) is 1. The van der Waals surface area contributed by atoms with Crippen LogP contribution in [-0.2, 0) is 0 Å². The zero-order valence-electron chi connectivity index (χ0n) is 12.2. The van der Waals surface area contributed by atoms with Gasteiger partial charge in [0.25, 0.3) is 5.91 Å². The smallest absolute Gasteiger partial charge is 0.258 e. The topological polar surface area (TPSA) is 64.3 Å². The first-order valence-electron chi connectivity index (χ1n) is 6.44. The van der Waals surface area contributed by atoms with Gasteiger partial charge >= 0.3 is 0 Å². The van der Waals surface area contributed by atoms with Crippen LogP contribution in [0.1, 0.15) is 21.5 Å². The highest BCUT2D eigenvalue weighted by Gasteiger charge is 2.15. The number of aryl methyl sites for hydroxylation is 2. The molecule has 5 heteroatoms. The van der Waals surface area contributed by atoms with Crippen LogP contribution < -0.4 is 15.8 Å². The van der Waals surface area contributed by atoms with Gasteiger partial charge < -0.3 is 15.8 Å². The van der Waals surface area contributed by atoms with Crippen molar-refractivity contribution in [3.63, 3.8) is 0 Å². The highest BCUT2D eigenvalue weighted by molar-refractivity contribution is 6.05. The molecule has 0 atom stereocenters. The highest BCUT2D eigenvalue weighted by Crippen LogP contribution is 2.25. The second-order valence-corrected chi connectivity index (χ2v) is 4.83. The van der Waals surface area contributed by atoms with Gasteiger partial charge in [0.05, 0.1) is 12.7 Å². The molecule has 0 spiro atoms. The maximum Gasteiger partial charge on any atom is 0.258 e. The fraction of sp³-hybridized carbons (Fsp3) is 0.188. The fourth-order valence-electron chi connectivity index (χ4n) is 2.18. The number of carbonyl (C=O) groups is 1. The molecule has 110 valence electrons. The van der Waals surface area contributed by atoms with Gasteiger partial charge in [-0.1, -0.05) is 0 Å². The van der Waals surface area contributed by atoms with Crippen molar-refractivity contribution in [2.45, 2.75) is 13.8 Å². The second kappa shape index (κ2) is 5.83. The largest absolute Gasteiger partial charge is 0.497 e. The number of halogens is 1. The summed E-state index contributed by atoms with van der Waals surface area (Å²) in [6.45, 7) is 3.67. The van der Waals surface area contributed by atoms with E-state index in [0.29, 0.717) is 17.1 Å². The molecule has 0 heterocycles. The van der Waals surface area contributed by atoms with E-state index in [1.165, 1.54) is 19.2 Å². The molecule has 0 saturated heterocycles. The number of carbonyl (C=O) groups excluding carboxylic acids is 1. The van der Waals surface area contributed by atoms with Gasteiger partial charge in [0.15, 0.2) is 0 Å². The van der Waals surface area contributed by atoms with Gasteiger partial charge in [-0.15, -0.1) is 0 Å². The number of rotatable bonds is 3. The quantitative estimate of drug-likeness (QED) is 0.852. The summed E-state index contributed by atoms with van der Waals surface area (Å²) in [6.07, 6.45) is 0. The van der Waals surface area contributed by atoms with Gasteiger partial charge in [-0.05, 0) is 49.2 Å². The van der Waals surface area contributed by atoms with Crippen LogP contribution in [0.25, 0.3) is 0 Å². The first-order valence-corrected chi connectivity index (χ1v) is 6.44. The van der Waals surface area contributed by atoms with Crippen LogP contribution in [0, 0.1) is 19.7 Å². The molecule has 4 nitrogen and oxygen atoms in total. The Hall–Kier alpha value is -2.56. The number of ether oxygens (including phenoxy) is 1. The number of hydrogen-bond donors (Lipinski definition) is 2. The minimum Gasteiger partial charge on any atom is -0.497 e. The van der Waals surface area contributed by atoms with Gasteiger partial charge in [-0.2, -0.15) is 0 Å². The van der Waals surface area contributed by atoms with Crippen LogP contribution in [0.3, 0.4) is 0 Å². The zero-order chi connectivity index (χ0) is 15.6. The average molecular weight is 288 g/mol. The Morgan fingerprint density at radius 1 is 1.19 bits per heavy atom. The normalized spacial score (nSPS) is 10.3. The Morgan fingerprint density at radius 3 is 2.33 bits per heavy atom. The van der Waals surface area contributed by atoms with Gasteiger partial charge in [0, 0.05) is 17.4 Å². The lowest BCUT2D eigenvalue weighted by atomic mass is 10.1. The van der Waals surface area contributed by atoms with E-state index in [1.54, 1.807) is 18.2 Å². The third-order valence-electron chi connectivity index (χ3n) is 3.21. The summed E-state index contributed by atoms with van der Waals surface area (Å²) < 4.78 is 18.8. The summed E-state index contributed by atoms with van der Waals surface area (Å²) in [5, 5.41) is 2.72. The Kier molecular flexibility index (Phi) is 4.12. The molecule has 2 rings (SSSR count). The second-order valence-electron chi connectivity index (χ2n) is 4.83. The van der Waals surface area contributed by atoms with E-state index < -0.39 is 11.7 Å². The molecular formula is C16H17FN2O2.